The minimum atomic E-state index is 0. The first-order chi connectivity index (χ1) is 14.2. The maximum atomic E-state index is 5.58. The van der Waals surface area contributed by atoms with Crippen LogP contribution < -0.4 is 10.6 Å². The van der Waals surface area contributed by atoms with Crippen LogP contribution in [0.4, 0.5) is 0 Å². The lowest BCUT2D eigenvalue weighted by molar-refractivity contribution is 0.572. The molecule has 0 bridgehead atoms. The number of rotatable bonds is 6. The molecule has 0 saturated heterocycles. The van der Waals surface area contributed by atoms with E-state index in [4.69, 9.17) is 4.42 Å². The third kappa shape index (κ3) is 5.18. The molecule has 0 saturated carbocycles. The number of guanidine groups is 1. The van der Waals surface area contributed by atoms with E-state index in [0.717, 1.165) is 34.8 Å². The zero-order chi connectivity index (χ0) is 20.1. The third-order valence-electron chi connectivity index (χ3n) is 4.50. The first kappa shape index (κ1) is 21.8. The summed E-state index contributed by atoms with van der Waals surface area (Å²) in [7, 11) is 0. The number of aliphatic imine (C=N–C) groups is 1. The zero-order valence-electron chi connectivity index (χ0n) is 17.0. The lowest BCUT2D eigenvalue weighted by atomic mass is 10.2. The number of pyridine rings is 1. The first-order valence-electron chi connectivity index (χ1n) is 9.68. The van der Waals surface area contributed by atoms with E-state index in [2.05, 4.69) is 43.0 Å². The van der Waals surface area contributed by atoms with Crippen molar-refractivity contribution in [1.82, 2.24) is 25.0 Å². The molecule has 4 rings (SSSR count). The van der Waals surface area contributed by atoms with Gasteiger partial charge in [-0.25, -0.2) is 15.0 Å². The molecular formula is C22H25IN6O. The van der Waals surface area contributed by atoms with Gasteiger partial charge in [-0.15, -0.1) is 24.0 Å². The largest absolute Gasteiger partial charge is 0.444 e. The van der Waals surface area contributed by atoms with Crippen LogP contribution >= 0.6 is 24.0 Å². The van der Waals surface area contributed by atoms with Gasteiger partial charge in [0.1, 0.15) is 17.6 Å². The molecule has 3 aromatic heterocycles. The van der Waals surface area contributed by atoms with Crippen molar-refractivity contribution in [3.05, 3.63) is 78.1 Å². The summed E-state index contributed by atoms with van der Waals surface area (Å²) in [4.78, 5) is 13.8. The lowest BCUT2D eigenvalue weighted by Gasteiger charge is -2.09. The molecule has 4 aromatic rings. The number of nitrogens with one attached hydrogen (secondary N) is 2. The van der Waals surface area contributed by atoms with Crippen molar-refractivity contribution in [2.45, 2.75) is 26.9 Å². The maximum Gasteiger partial charge on any atom is 0.226 e. The summed E-state index contributed by atoms with van der Waals surface area (Å²) in [6.07, 6.45) is 3.70. The van der Waals surface area contributed by atoms with Crippen LogP contribution in [0.1, 0.15) is 24.0 Å². The van der Waals surface area contributed by atoms with Crippen LogP contribution in [0, 0.1) is 6.92 Å². The van der Waals surface area contributed by atoms with Crippen LogP contribution in [0.5, 0.6) is 0 Å². The van der Waals surface area contributed by atoms with Crippen molar-refractivity contribution in [2.24, 2.45) is 4.99 Å². The highest BCUT2D eigenvalue weighted by molar-refractivity contribution is 14.0. The molecule has 0 aliphatic heterocycles. The average Bonchev–Trinajstić information content (AvgIpc) is 3.38. The van der Waals surface area contributed by atoms with Crippen LogP contribution in [-0.4, -0.2) is 26.9 Å². The molecule has 0 amide bonds. The molecule has 7 nitrogen and oxygen atoms in total. The Morgan fingerprint density at radius 1 is 1.03 bits per heavy atom. The average molecular weight is 516 g/mol. The standard InChI is InChI=1S/C22H24N6O.HI/c1-3-23-22(24-12-18-14-28-16(2)8-7-11-20(28)26-18)25-13-19-15-29-21(27-19)17-9-5-4-6-10-17;/h4-11,14-15H,3,12-13H2,1-2H3,(H2,23,24,25);1H. The molecule has 156 valence electrons. The van der Waals surface area contributed by atoms with Crippen LogP contribution in [0.2, 0.25) is 0 Å². The Bertz CT molecular complexity index is 1120. The second-order valence-electron chi connectivity index (χ2n) is 6.69. The monoisotopic (exact) mass is 516 g/mol. The third-order valence-corrected chi connectivity index (χ3v) is 4.50. The maximum absolute atomic E-state index is 5.58. The first-order valence-corrected chi connectivity index (χ1v) is 9.68. The molecular weight excluding hydrogens is 491 g/mol. The van der Waals surface area contributed by atoms with Gasteiger partial charge in [0.05, 0.1) is 18.8 Å². The number of halogens is 1. The number of hydrogen-bond donors (Lipinski definition) is 2. The fourth-order valence-electron chi connectivity index (χ4n) is 3.05. The van der Waals surface area contributed by atoms with Crippen LogP contribution in [0.15, 0.2) is 70.4 Å². The SMILES string of the molecule is CCNC(=NCc1coc(-c2ccccc2)n1)NCc1cn2c(C)cccc2n1.I. The summed E-state index contributed by atoms with van der Waals surface area (Å²) in [5, 5.41) is 6.58. The zero-order valence-corrected chi connectivity index (χ0v) is 19.3. The van der Waals surface area contributed by atoms with E-state index in [1.807, 2.05) is 55.6 Å². The Morgan fingerprint density at radius 3 is 2.63 bits per heavy atom. The van der Waals surface area contributed by atoms with E-state index in [1.165, 1.54) is 0 Å². The summed E-state index contributed by atoms with van der Waals surface area (Å²) < 4.78 is 7.67. The van der Waals surface area contributed by atoms with Gasteiger partial charge in [-0.05, 0) is 38.1 Å². The normalized spacial score (nSPS) is 11.3. The van der Waals surface area contributed by atoms with E-state index in [0.29, 0.717) is 24.9 Å². The summed E-state index contributed by atoms with van der Waals surface area (Å²) in [6.45, 7) is 5.88. The minimum absolute atomic E-state index is 0. The molecule has 0 fully saturated rings. The molecule has 0 aliphatic carbocycles. The molecule has 8 heteroatoms. The molecule has 0 spiro atoms. The van der Waals surface area contributed by atoms with E-state index in [9.17, 15) is 0 Å². The Labute approximate surface area is 192 Å². The smallest absolute Gasteiger partial charge is 0.226 e. The van der Waals surface area contributed by atoms with Crippen molar-refractivity contribution in [2.75, 3.05) is 6.54 Å². The number of benzene rings is 1. The number of aryl methyl sites for hydroxylation is 1. The second-order valence-corrected chi connectivity index (χ2v) is 6.69. The second kappa shape index (κ2) is 10.2. The van der Waals surface area contributed by atoms with Gasteiger partial charge in [0.15, 0.2) is 5.96 Å². The van der Waals surface area contributed by atoms with Crippen molar-refractivity contribution < 1.29 is 4.42 Å². The molecule has 0 radical (unpaired) electrons. The Kier molecular flexibility index (Phi) is 7.45. The van der Waals surface area contributed by atoms with Gasteiger partial charge in [0, 0.05) is 24.0 Å². The van der Waals surface area contributed by atoms with Gasteiger partial charge in [0.25, 0.3) is 0 Å². The highest BCUT2D eigenvalue weighted by Crippen LogP contribution is 2.18. The summed E-state index contributed by atoms with van der Waals surface area (Å²) in [6, 6.07) is 15.9. The van der Waals surface area contributed by atoms with Crippen molar-refractivity contribution >= 4 is 35.6 Å². The van der Waals surface area contributed by atoms with Crippen molar-refractivity contribution in [1.29, 1.82) is 0 Å². The van der Waals surface area contributed by atoms with Gasteiger partial charge < -0.3 is 19.5 Å². The van der Waals surface area contributed by atoms with E-state index in [-0.39, 0.29) is 24.0 Å². The number of hydrogen-bond acceptors (Lipinski definition) is 4. The fourth-order valence-corrected chi connectivity index (χ4v) is 3.05. The molecule has 2 N–H and O–H groups in total. The van der Waals surface area contributed by atoms with Crippen molar-refractivity contribution in [3.63, 3.8) is 0 Å². The predicted molar refractivity (Wildman–Crippen MR) is 129 cm³/mol. The Hall–Kier alpha value is -2.88. The van der Waals surface area contributed by atoms with Gasteiger partial charge in [-0.3, -0.25) is 0 Å². The van der Waals surface area contributed by atoms with E-state index in [1.54, 1.807) is 6.26 Å². The number of oxazole rings is 1. The molecule has 0 unspecified atom stereocenters. The van der Waals surface area contributed by atoms with Gasteiger partial charge in [-0.1, -0.05) is 24.3 Å². The summed E-state index contributed by atoms with van der Waals surface area (Å²) in [5.41, 5.74) is 4.79. The minimum Gasteiger partial charge on any atom is -0.444 e. The predicted octanol–water partition coefficient (Wildman–Crippen LogP) is 4.17. The molecule has 3 heterocycles. The molecule has 0 atom stereocenters. The molecule has 0 aliphatic rings. The van der Waals surface area contributed by atoms with E-state index >= 15 is 0 Å². The highest BCUT2D eigenvalue weighted by Gasteiger charge is 2.07. The number of aromatic nitrogens is 3. The number of fused-ring (bicyclic) bond motifs is 1. The van der Waals surface area contributed by atoms with Gasteiger partial charge >= 0.3 is 0 Å². The highest BCUT2D eigenvalue weighted by atomic mass is 127. The van der Waals surface area contributed by atoms with Gasteiger partial charge in [0.2, 0.25) is 5.89 Å². The Balaban J connectivity index is 0.00000256. The molecule has 1 aromatic carbocycles. The lowest BCUT2D eigenvalue weighted by Crippen LogP contribution is -2.36. The van der Waals surface area contributed by atoms with Crippen molar-refractivity contribution in [3.8, 4) is 11.5 Å². The van der Waals surface area contributed by atoms with Crippen LogP contribution in [0.3, 0.4) is 0 Å². The summed E-state index contributed by atoms with van der Waals surface area (Å²) in [5.74, 6) is 1.32. The fraction of sp³-hybridized carbons (Fsp3) is 0.227. The Morgan fingerprint density at radius 2 is 1.87 bits per heavy atom. The van der Waals surface area contributed by atoms with Crippen LogP contribution in [0.25, 0.3) is 17.1 Å². The summed E-state index contributed by atoms with van der Waals surface area (Å²) >= 11 is 0. The van der Waals surface area contributed by atoms with E-state index < -0.39 is 0 Å². The number of nitrogens with zero attached hydrogens (tertiary/aromatic N) is 4. The molecule has 30 heavy (non-hydrogen) atoms. The quantitative estimate of drug-likeness (QED) is 0.229. The number of imidazole rings is 1. The van der Waals surface area contributed by atoms with Crippen LogP contribution in [-0.2, 0) is 13.1 Å². The van der Waals surface area contributed by atoms with Gasteiger partial charge in [-0.2, -0.15) is 0 Å². The topological polar surface area (TPSA) is 79.8 Å².